The van der Waals surface area contributed by atoms with Gasteiger partial charge in [0.2, 0.25) is 9.76 Å². The minimum atomic E-state index is -1.69. The van der Waals surface area contributed by atoms with E-state index in [4.69, 9.17) is 8.54 Å². The van der Waals surface area contributed by atoms with Crippen molar-refractivity contribution < 1.29 is 8.54 Å². The standard InChI is InChI=1S/C5H14O2Si2/c1-5-8-7-9(3,4)6-2/h5H2,1-4H3. The molecule has 0 aliphatic rings. The molecule has 0 aromatic carbocycles. The molecule has 0 aromatic rings. The summed E-state index contributed by atoms with van der Waals surface area (Å²) in [7, 11) is 0.639. The second kappa shape index (κ2) is 4.21. The first-order valence-electron chi connectivity index (χ1n) is 3.08. The molecule has 4 heteroatoms. The Kier molecular flexibility index (Phi) is 4.38. The summed E-state index contributed by atoms with van der Waals surface area (Å²) in [4.78, 5) is 0. The van der Waals surface area contributed by atoms with Gasteiger partial charge in [-0.15, -0.1) is 0 Å². The summed E-state index contributed by atoms with van der Waals surface area (Å²) in [5.74, 6) is 0. The van der Waals surface area contributed by atoms with Crippen LogP contribution in [0.4, 0.5) is 0 Å². The van der Waals surface area contributed by atoms with Gasteiger partial charge in [0.05, 0.1) is 0 Å². The Bertz CT molecular complexity index is 75.4. The van der Waals surface area contributed by atoms with E-state index < -0.39 is 8.56 Å². The highest BCUT2D eigenvalue weighted by Gasteiger charge is 2.21. The quantitative estimate of drug-likeness (QED) is 0.582. The highest BCUT2D eigenvalue weighted by molar-refractivity contribution is 6.69. The molecule has 0 rings (SSSR count). The molecule has 0 unspecified atom stereocenters. The van der Waals surface area contributed by atoms with Crippen LogP contribution >= 0.6 is 0 Å². The fraction of sp³-hybridized carbons (Fsp3) is 1.00. The molecule has 0 saturated heterocycles. The highest BCUT2D eigenvalue weighted by Crippen LogP contribution is 2.02. The van der Waals surface area contributed by atoms with Crippen LogP contribution in [0, 0.1) is 0 Å². The van der Waals surface area contributed by atoms with Gasteiger partial charge in [-0.05, 0) is 19.1 Å². The Morgan fingerprint density at radius 2 is 2.00 bits per heavy atom. The van der Waals surface area contributed by atoms with E-state index in [9.17, 15) is 0 Å². The van der Waals surface area contributed by atoms with Crippen LogP contribution in [0.1, 0.15) is 6.92 Å². The molecule has 2 nitrogen and oxygen atoms in total. The van der Waals surface area contributed by atoms with E-state index in [1.54, 1.807) is 7.11 Å². The van der Waals surface area contributed by atoms with Gasteiger partial charge in [0.15, 0.2) is 0 Å². The summed E-state index contributed by atoms with van der Waals surface area (Å²) in [6, 6.07) is 1.10. The first kappa shape index (κ1) is 9.35. The fourth-order valence-corrected chi connectivity index (χ4v) is 2.59. The van der Waals surface area contributed by atoms with Gasteiger partial charge < -0.3 is 8.54 Å². The van der Waals surface area contributed by atoms with Crippen LogP contribution < -0.4 is 0 Å². The summed E-state index contributed by atoms with van der Waals surface area (Å²) in [5, 5.41) is 0. The maximum Gasteiger partial charge on any atom is 0.320 e. The Labute approximate surface area is 60.8 Å². The molecular formula is C5H14O2Si2. The molecule has 0 spiro atoms. The lowest BCUT2D eigenvalue weighted by molar-refractivity contribution is 0.320. The Balaban J connectivity index is 3.33. The monoisotopic (exact) mass is 162 g/mol. The van der Waals surface area contributed by atoms with E-state index in [-0.39, 0.29) is 0 Å². The van der Waals surface area contributed by atoms with Crippen molar-refractivity contribution in [1.29, 1.82) is 0 Å². The smallest absolute Gasteiger partial charge is 0.320 e. The van der Waals surface area contributed by atoms with Crippen molar-refractivity contribution in [1.82, 2.24) is 0 Å². The van der Waals surface area contributed by atoms with Crippen molar-refractivity contribution in [2.45, 2.75) is 26.1 Å². The lowest BCUT2D eigenvalue weighted by atomic mass is 11.0. The topological polar surface area (TPSA) is 18.5 Å². The van der Waals surface area contributed by atoms with Crippen LogP contribution in [0.2, 0.25) is 19.1 Å². The number of hydrogen-bond acceptors (Lipinski definition) is 2. The summed E-state index contributed by atoms with van der Waals surface area (Å²) in [6.07, 6.45) is 0. The minimum absolute atomic E-state index is 0.610. The molecule has 0 amide bonds. The summed E-state index contributed by atoms with van der Waals surface area (Å²) in [6.45, 7) is 6.21. The molecule has 0 aliphatic carbocycles. The molecule has 2 radical (unpaired) electrons. The molecule has 0 bridgehead atoms. The molecule has 0 aromatic heterocycles. The van der Waals surface area contributed by atoms with Crippen molar-refractivity contribution >= 4 is 18.3 Å². The van der Waals surface area contributed by atoms with Crippen LogP contribution in [0.25, 0.3) is 0 Å². The van der Waals surface area contributed by atoms with Gasteiger partial charge in [-0.25, -0.2) is 0 Å². The molecule has 54 valence electrons. The molecule has 9 heavy (non-hydrogen) atoms. The van der Waals surface area contributed by atoms with Gasteiger partial charge >= 0.3 is 8.56 Å². The predicted molar refractivity (Wildman–Crippen MR) is 41.8 cm³/mol. The highest BCUT2D eigenvalue weighted by atomic mass is 28.4. The van der Waals surface area contributed by atoms with Gasteiger partial charge in [-0.2, -0.15) is 0 Å². The number of rotatable bonds is 4. The first-order valence-corrected chi connectivity index (χ1v) is 7.01. The molecule has 0 saturated carbocycles. The summed E-state index contributed by atoms with van der Waals surface area (Å²) < 4.78 is 10.6. The second-order valence-corrected chi connectivity index (χ2v) is 7.22. The zero-order chi connectivity index (χ0) is 7.33. The fourth-order valence-electron chi connectivity index (χ4n) is 0.288. The van der Waals surface area contributed by atoms with Gasteiger partial charge in [0, 0.05) is 7.11 Å². The SMILES string of the molecule is CC[Si]O[Si](C)(C)OC. The Morgan fingerprint density at radius 1 is 1.44 bits per heavy atom. The zero-order valence-corrected chi connectivity index (χ0v) is 8.52. The van der Waals surface area contributed by atoms with Crippen molar-refractivity contribution in [2.75, 3.05) is 7.11 Å². The third kappa shape index (κ3) is 4.83. The first-order chi connectivity index (χ1) is 4.12. The van der Waals surface area contributed by atoms with Crippen molar-refractivity contribution in [2.24, 2.45) is 0 Å². The van der Waals surface area contributed by atoms with E-state index in [0.29, 0.717) is 9.76 Å². The van der Waals surface area contributed by atoms with Crippen molar-refractivity contribution in [3.05, 3.63) is 0 Å². The van der Waals surface area contributed by atoms with Crippen LogP contribution in [-0.2, 0) is 8.54 Å². The maximum absolute atomic E-state index is 5.47. The molecule has 0 aliphatic heterocycles. The zero-order valence-electron chi connectivity index (χ0n) is 6.52. The maximum atomic E-state index is 5.47. The van der Waals surface area contributed by atoms with Gasteiger partial charge in [0.1, 0.15) is 0 Å². The lowest BCUT2D eigenvalue weighted by Gasteiger charge is -2.19. The van der Waals surface area contributed by atoms with E-state index in [1.165, 1.54) is 0 Å². The normalized spacial score (nSPS) is 12.0. The third-order valence-corrected chi connectivity index (χ3v) is 4.77. The van der Waals surface area contributed by atoms with Crippen LogP contribution in [0.5, 0.6) is 0 Å². The second-order valence-electron chi connectivity index (χ2n) is 2.20. The molecule has 0 heterocycles. The largest absolute Gasteiger partial charge is 0.436 e. The van der Waals surface area contributed by atoms with Crippen molar-refractivity contribution in [3.8, 4) is 0 Å². The average molecular weight is 162 g/mol. The molecule has 0 atom stereocenters. The van der Waals surface area contributed by atoms with Gasteiger partial charge in [-0.3, -0.25) is 0 Å². The van der Waals surface area contributed by atoms with E-state index in [1.807, 2.05) is 0 Å². The van der Waals surface area contributed by atoms with E-state index in [2.05, 4.69) is 20.0 Å². The number of hydrogen-bond donors (Lipinski definition) is 0. The molecule has 0 N–H and O–H groups in total. The van der Waals surface area contributed by atoms with E-state index in [0.717, 1.165) is 6.04 Å². The average Bonchev–Trinajstić information content (AvgIpc) is 1.84. The summed E-state index contributed by atoms with van der Waals surface area (Å²) >= 11 is 0. The van der Waals surface area contributed by atoms with Crippen LogP contribution in [0.3, 0.4) is 0 Å². The van der Waals surface area contributed by atoms with Gasteiger partial charge in [-0.1, -0.05) is 6.92 Å². The predicted octanol–water partition coefficient (Wildman–Crippen LogP) is 1.41. The molecule has 0 fully saturated rings. The lowest BCUT2D eigenvalue weighted by Crippen LogP contribution is -2.34. The summed E-state index contributed by atoms with van der Waals surface area (Å²) in [5.41, 5.74) is 0. The Hall–Kier alpha value is 0.354. The van der Waals surface area contributed by atoms with E-state index >= 15 is 0 Å². The third-order valence-electron chi connectivity index (χ3n) is 0.954. The van der Waals surface area contributed by atoms with Crippen LogP contribution in [0.15, 0.2) is 0 Å². The van der Waals surface area contributed by atoms with Crippen molar-refractivity contribution in [3.63, 3.8) is 0 Å². The Morgan fingerprint density at radius 3 is 2.33 bits per heavy atom. The minimum Gasteiger partial charge on any atom is -0.436 e. The molecular weight excluding hydrogens is 148 g/mol. The van der Waals surface area contributed by atoms with Crippen LogP contribution in [-0.4, -0.2) is 25.4 Å². The van der Waals surface area contributed by atoms with Gasteiger partial charge in [0.25, 0.3) is 0 Å².